The number of carbonyl (C=O) groups excluding carboxylic acids is 3. The lowest BCUT2D eigenvalue weighted by molar-refractivity contribution is -0.159. The number of hydrogen-bond acceptors (Lipinski definition) is 7. The number of rotatable bonds is 9. The van der Waals surface area contributed by atoms with Crippen LogP contribution in [0, 0.1) is 0 Å². The molecule has 0 aromatic heterocycles. The second-order valence-corrected chi connectivity index (χ2v) is 8.19. The summed E-state index contributed by atoms with van der Waals surface area (Å²) in [5.41, 5.74) is 1.90. The minimum atomic E-state index is -1.27. The number of ether oxygens (including phenoxy) is 3. The first-order chi connectivity index (χ1) is 17.9. The van der Waals surface area contributed by atoms with Gasteiger partial charge in [-0.2, -0.15) is 0 Å². The number of carbonyl (C=O) groups is 4. The van der Waals surface area contributed by atoms with Gasteiger partial charge in [-0.05, 0) is 28.8 Å². The first-order valence-electron chi connectivity index (χ1n) is 11.4. The molecule has 3 aromatic rings. The lowest BCUT2D eigenvalue weighted by atomic mass is 9.98. The van der Waals surface area contributed by atoms with Gasteiger partial charge in [0, 0.05) is 0 Å². The highest BCUT2D eigenvalue weighted by Crippen LogP contribution is 2.29. The third-order valence-electron chi connectivity index (χ3n) is 5.61. The molecule has 4 rings (SSSR count). The second-order valence-electron chi connectivity index (χ2n) is 8.19. The first-order valence-corrected chi connectivity index (χ1v) is 11.4. The van der Waals surface area contributed by atoms with Crippen LogP contribution in [0.3, 0.4) is 0 Å². The van der Waals surface area contributed by atoms with Crippen LogP contribution >= 0.6 is 0 Å². The van der Waals surface area contributed by atoms with Crippen molar-refractivity contribution < 1.29 is 38.5 Å². The number of hydrogen-bond donors (Lipinski definition) is 2. The molecule has 1 saturated heterocycles. The number of nitrogens with zero attached hydrogens (tertiary/aromatic N) is 1. The number of amides is 2. The maximum atomic E-state index is 12.6. The van der Waals surface area contributed by atoms with E-state index in [2.05, 4.69) is 5.32 Å². The number of alkyl carbamates (subject to hydrolysis) is 1. The van der Waals surface area contributed by atoms with E-state index in [0.717, 1.165) is 16.0 Å². The second kappa shape index (κ2) is 11.7. The van der Waals surface area contributed by atoms with Crippen molar-refractivity contribution in [3.05, 3.63) is 102 Å². The van der Waals surface area contributed by atoms with Crippen LogP contribution in [0.1, 0.15) is 22.7 Å². The Hall–Kier alpha value is -4.86. The van der Waals surface area contributed by atoms with Crippen LogP contribution in [-0.4, -0.2) is 46.7 Å². The van der Waals surface area contributed by atoms with Gasteiger partial charge >= 0.3 is 18.2 Å². The smallest absolute Gasteiger partial charge is 0.479 e. The third kappa shape index (κ3) is 6.63. The number of carboxylic acid groups (broad SMARTS) is 1. The summed E-state index contributed by atoms with van der Waals surface area (Å²) in [5.74, 6) is -1.63. The van der Waals surface area contributed by atoms with Crippen LogP contribution < -0.4 is 10.1 Å². The highest BCUT2D eigenvalue weighted by molar-refractivity contribution is 5.94. The molecule has 10 heteroatoms. The summed E-state index contributed by atoms with van der Waals surface area (Å²) in [7, 11) is 0. The lowest BCUT2D eigenvalue weighted by Crippen LogP contribution is -2.65. The fourth-order valence-electron chi connectivity index (χ4n) is 3.72. The molecule has 1 aliphatic heterocycles. The van der Waals surface area contributed by atoms with Gasteiger partial charge in [-0.25, -0.2) is 14.4 Å². The molecule has 2 amide bonds. The average Bonchev–Trinajstić information content (AvgIpc) is 2.91. The van der Waals surface area contributed by atoms with E-state index in [1.54, 1.807) is 24.3 Å². The summed E-state index contributed by atoms with van der Waals surface area (Å²) in [4.78, 5) is 49.6. The quantitative estimate of drug-likeness (QED) is 0.256. The molecule has 37 heavy (non-hydrogen) atoms. The van der Waals surface area contributed by atoms with Crippen molar-refractivity contribution in [3.8, 4) is 5.75 Å². The predicted molar refractivity (Wildman–Crippen MR) is 129 cm³/mol. The summed E-state index contributed by atoms with van der Waals surface area (Å²) < 4.78 is 15.3. The van der Waals surface area contributed by atoms with Crippen LogP contribution in [0.15, 0.2) is 84.9 Å². The van der Waals surface area contributed by atoms with E-state index < -0.39 is 36.2 Å². The molecule has 0 spiro atoms. The van der Waals surface area contributed by atoms with Gasteiger partial charge in [-0.15, -0.1) is 0 Å². The number of nitrogens with one attached hydrogen (secondary N) is 1. The average molecular weight is 504 g/mol. The molecule has 0 aliphatic carbocycles. The lowest BCUT2D eigenvalue weighted by Gasteiger charge is -2.41. The molecule has 0 saturated carbocycles. The molecule has 2 unspecified atom stereocenters. The van der Waals surface area contributed by atoms with Gasteiger partial charge in [0.2, 0.25) is 5.91 Å². The molecule has 1 aliphatic rings. The van der Waals surface area contributed by atoms with Gasteiger partial charge in [0.1, 0.15) is 25.0 Å². The van der Waals surface area contributed by atoms with Crippen LogP contribution in [0.25, 0.3) is 0 Å². The number of β-lactam (4-membered cyclic amide) rings is 1. The Bertz CT molecular complexity index is 1250. The van der Waals surface area contributed by atoms with E-state index in [0.29, 0.717) is 5.56 Å². The SMILES string of the molecule is O=C(NC1CN(C(C(=O)O)c2ccc(OC(=O)OCc3ccccc3)cc2)C1=O)OCc1ccccc1. The van der Waals surface area contributed by atoms with Crippen molar-refractivity contribution in [2.45, 2.75) is 25.3 Å². The van der Waals surface area contributed by atoms with Crippen molar-refractivity contribution in [1.82, 2.24) is 10.2 Å². The molecule has 0 bridgehead atoms. The van der Waals surface area contributed by atoms with Crippen molar-refractivity contribution in [2.75, 3.05) is 6.54 Å². The summed E-state index contributed by atoms with van der Waals surface area (Å²) in [6.45, 7) is 0.0918. The number of carboxylic acids is 1. The first kappa shape index (κ1) is 25.2. The Kier molecular flexibility index (Phi) is 7.99. The van der Waals surface area contributed by atoms with Gasteiger partial charge in [0.15, 0.2) is 6.04 Å². The van der Waals surface area contributed by atoms with Gasteiger partial charge < -0.3 is 29.5 Å². The molecule has 1 fully saturated rings. The molecule has 2 atom stereocenters. The Morgan fingerprint density at radius 3 is 1.97 bits per heavy atom. The highest BCUT2D eigenvalue weighted by atomic mass is 16.7. The maximum Gasteiger partial charge on any atom is 0.514 e. The molecule has 1 heterocycles. The summed E-state index contributed by atoms with van der Waals surface area (Å²) in [6.07, 6.45) is -1.67. The van der Waals surface area contributed by atoms with Crippen molar-refractivity contribution in [1.29, 1.82) is 0 Å². The van der Waals surface area contributed by atoms with Gasteiger partial charge in [-0.3, -0.25) is 4.79 Å². The van der Waals surface area contributed by atoms with Crippen molar-refractivity contribution in [2.24, 2.45) is 0 Å². The topological polar surface area (TPSA) is 131 Å². The monoisotopic (exact) mass is 504 g/mol. The third-order valence-corrected chi connectivity index (χ3v) is 5.61. The molecular formula is C27H24N2O8. The summed E-state index contributed by atoms with van der Waals surface area (Å²) >= 11 is 0. The zero-order chi connectivity index (χ0) is 26.2. The zero-order valence-corrected chi connectivity index (χ0v) is 19.6. The Morgan fingerprint density at radius 2 is 1.43 bits per heavy atom. The van der Waals surface area contributed by atoms with Crippen molar-refractivity contribution in [3.63, 3.8) is 0 Å². The van der Waals surface area contributed by atoms with E-state index in [-0.39, 0.29) is 25.5 Å². The predicted octanol–water partition coefficient (Wildman–Crippen LogP) is 3.67. The largest absolute Gasteiger partial charge is 0.514 e. The van der Waals surface area contributed by atoms with E-state index in [1.807, 2.05) is 36.4 Å². The molecule has 10 nitrogen and oxygen atoms in total. The molecule has 3 aromatic carbocycles. The Balaban J connectivity index is 1.28. The van der Waals surface area contributed by atoms with Gasteiger partial charge in [0.05, 0.1) is 6.54 Å². The molecule has 190 valence electrons. The standard InChI is InChI=1S/C27H24N2O8/c30-24-22(28-26(33)35-16-18-7-3-1-4-8-18)15-29(24)23(25(31)32)20-11-13-21(14-12-20)37-27(34)36-17-19-9-5-2-6-10-19/h1-14,22-23H,15-17H2,(H,28,33)(H,31,32). The highest BCUT2D eigenvalue weighted by Gasteiger charge is 2.45. The molecule has 0 radical (unpaired) electrons. The van der Waals surface area contributed by atoms with Crippen LogP contribution in [0.5, 0.6) is 5.75 Å². The van der Waals surface area contributed by atoms with E-state index >= 15 is 0 Å². The normalized spacial score (nSPS) is 15.2. The number of aliphatic carboxylic acids is 1. The molecular weight excluding hydrogens is 480 g/mol. The fraction of sp³-hybridized carbons (Fsp3) is 0.185. The van der Waals surface area contributed by atoms with Gasteiger partial charge in [-0.1, -0.05) is 72.8 Å². The minimum absolute atomic E-state index is 0.000298. The van der Waals surface area contributed by atoms with E-state index in [4.69, 9.17) is 14.2 Å². The van der Waals surface area contributed by atoms with Gasteiger partial charge in [0.25, 0.3) is 0 Å². The van der Waals surface area contributed by atoms with Crippen LogP contribution in [0.2, 0.25) is 0 Å². The summed E-state index contributed by atoms with van der Waals surface area (Å²) in [5, 5.41) is 12.2. The fourth-order valence-corrected chi connectivity index (χ4v) is 3.72. The number of likely N-dealkylation sites (tertiary alicyclic amines) is 1. The van der Waals surface area contributed by atoms with Crippen molar-refractivity contribution >= 4 is 24.1 Å². The van der Waals surface area contributed by atoms with Crippen LogP contribution in [-0.2, 0) is 32.3 Å². The molecule has 2 N–H and O–H groups in total. The minimum Gasteiger partial charge on any atom is -0.479 e. The zero-order valence-electron chi connectivity index (χ0n) is 19.6. The Morgan fingerprint density at radius 1 is 0.865 bits per heavy atom. The number of benzene rings is 3. The van der Waals surface area contributed by atoms with E-state index in [9.17, 15) is 24.3 Å². The summed E-state index contributed by atoms with van der Waals surface area (Å²) in [6, 6.07) is 21.7. The van der Waals surface area contributed by atoms with E-state index in [1.165, 1.54) is 24.3 Å². The maximum absolute atomic E-state index is 12.6. The van der Waals surface area contributed by atoms with Crippen LogP contribution in [0.4, 0.5) is 9.59 Å². The Labute approximate surface area is 212 Å².